The Morgan fingerprint density at radius 3 is 2.95 bits per heavy atom. The van der Waals surface area contributed by atoms with Gasteiger partial charge in [-0.2, -0.15) is 5.26 Å². The number of benzene rings is 1. The molecule has 0 bridgehead atoms. The van der Waals surface area contributed by atoms with E-state index in [0.717, 1.165) is 12.5 Å². The minimum Gasteiger partial charge on any atom is -0.489 e. The number of hydrogen-bond donors (Lipinski definition) is 2. The zero-order valence-electron chi connectivity index (χ0n) is 11.0. The van der Waals surface area contributed by atoms with Crippen LogP contribution in [0.15, 0.2) is 24.3 Å². The molecule has 4 heteroatoms. The maximum Gasteiger partial charge on any atom is 0.137 e. The average Bonchev–Trinajstić information content (AvgIpc) is 3.26. The maximum atomic E-state index is 9.78. The second-order valence-electron chi connectivity index (χ2n) is 5.01. The lowest BCUT2D eigenvalue weighted by atomic mass is 10.2. The highest BCUT2D eigenvalue weighted by atomic mass is 16.5. The van der Waals surface area contributed by atoms with Crippen LogP contribution in [0.4, 0.5) is 0 Å². The predicted molar refractivity (Wildman–Crippen MR) is 72.9 cm³/mol. The van der Waals surface area contributed by atoms with E-state index in [-0.39, 0.29) is 6.61 Å². The van der Waals surface area contributed by atoms with Crippen molar-refractivity contribution in [2.75, 3.05) is 19.7 Å². The zero-order chi connectivity index (χ0) is 13.5. The Morgan fingerprint density at radius 1 is 1.42 bits per heavy atom. The molecule has 1 saturated carbocycles. The molecular weight excluding hydrogens is 240 g/mol. The van der Waals surface area contributed by atoms with Crippen molar-refractivity contribution in [2.24, 2.45) is 5.92 Å². The molecule has 1 aromatic rings. The normalized spacial score (nSPS) is 15.8. The van der Waals surface area contributed by atoms with E-state index in [1.807, 2.05) is 6.07 Å². The number of ether oxygens (including phenoxy) is 1. The van der Waals surface area contributed by atoms with Crippen molar-refractivity contribution >= 4 is 0 Å². The van der Waals surface area contributed by atoms with E-state index < -0.39 is 6.10 Å². The third-order valence-corrected chi connectivity index (χ3v) is 3.24. The lowest BCUT2D eigenvalue weighted by Crippen LogP contribution is -2.32. The molecule has 0 heterocycles. The fraction of sp³-hybridized carbons (Fsp3) is 0.533. The quantitative estimate of drug-likeness (QED) is 0.698. The molecule has 0 aliphatic heterocycles. The summed E-state index contributed by atoms with van der Waals surface area (Å²) in [6.07, 6.45) is 3.37. The molecule has 0 aromatic heterocycles. The Bertz CT molecular complexity index is 438. The highest BCUT2D eigenvalue weighted by Crippen LogP contribution is 2.31. The molecule has 1 unspecified atom stereocenters. The van der Waals surface area contributed by atoms with Crippen LogP contribution in [0, 0.1) is 17.2 Å². The first-order chi connectivity index (χ1) is 9.29. The molecule has 1 aliphatic carbocycles. The smallest absolute Gasteiger partial charge is 0.137 e. The summed E-state index contributed by atoms with van der Waals surface area (Å²) in [4.78, 5) is 0. The second kappa shape index (κ2) is 7.13. The number of aliphatic hydroxyl groups excluding tert-OH is 1. The number of nitrogens with zero attached hydrogens (tertiary/aromatic N) is 1. The highest BCUT2D eigenvalue weighted by molar-refractivity contribution is 5.42. The van der Waals surface area contributed by atoms with Crippen LogP contribution < -0.4 is 10.1 Å². The van der Waals surface area contributed by atoms with Gasteiger partial charge in [-0.1, -0.05) is 25.0 Å². The van der Waals surface area contributed by atoms with Gasteiger partial charge in [-0.3, -0.25) is 0 Å². The summed E-state index contributed by atoms with van der Waals surface area (Å²) in [5, 5.41) is 21.9. The number of aliphatic hydroxyl groups is 1. The molecule has 0 saturated heterocycles. The van der Waals surface area contributed by atoms with Crippen molar-refractivity contribution in [3.8, 4) is 11.8 Å². The number of rotatable bonds is 8. The van der Waals surface area contributed by atoms with Gasteiger partial charge >= 0.3 is 0 Å². The molecule has 0 radical (unpaired) electrons. The third kappa shape index (κ3) is 4.90. The van der Waals surface area contributed by atoms with Crippen LogP contribution in [-0.2, 0) is 0 Å². The number of nitriles is 1. The van der Waals surface area contributed by atoms with Gasteiger partial charge in [0.05, 0.1) is 5.56 Å². The molecule has 19 heavy (non-hydrogen) atoms. The Kier molecular flexibility index (Phi) is 5.20. The molecule has 1 aromatic carbocycles. The third-order valence-electron chi connectivity index (χ3n) is 3.24. The summed E-state index contributed by atoms with van der Waals surface area (Å²) < 4.78 is 5.47. The Labute approximate surface area is 114 Å². The zero-order valence-corrected chi connectivity index (χ0v) is 11.0. The van der Waals surface area contributed by atoms with Crippen molar-refractivity contribution < 1.29 is 9.84 Å². The van der Waals surface area contributed by atoms with Crippen molar-refractivity contribution in [3.63, 3.8) is 0 Å². The van der Waals surface area contributed by atoms with Crippen molar-refractivity contribution in [1.82, 2.24) is 5.32 Å². The van der Waals surface area contributed by atoms with Crippen LogP contribution in [0.5, 0.6) is 5.75 Å². The highest BCUT2D eigenvalue weighted by Gasteiger charge is 2.20. The van der Waals surface area contributed by atoms with Gasteiger partial charge in [0.1, 0.15) is 24.5 Å². The summed E-state index contributed by atoms with van der Waals surface area (Å²) in [6.45, 7) is 1.69. The van der Waals surface area contributed by atoms with Gasteiger partial charge in [0.15, 0.2) is 0 Å². The van der Waals surface area contributed by atoms with Crippen molar-refractivity contribution in [1.29, 1.82) is 5.26 Å². The van der Waals surface area contributed by atoms with Crippen molar-refractivity contribution in [3.05, 3.63) is 29.8 Å². The summed E-state index contributed by atoms with van der Waals surface area (Å²) in [5.74, 6) is 1.44. The van der Waals surface area contributed by atoms with Crippen molar-refractivity contribution in [2.45, 2.75) is 25.4 Å². The van der Waals surface area contributed by atoms with Gasteiger partial charge in [-0.25, -0.2) is 0 Å². The predicted octanol–water partition coefficient (Wildman–Crippen LogP) is 1.69. The second-order valence-corrected chi connectivity index (χ2v) is 5.01. The summed E-state index contributed by atoms with van der Waals surface area (Å²) in [7, 11) is 0. The van der Waals surface area contributed by atoms with Gasteiger partial charge in [0, 0.05) is 6.54 Å². The number of nitrogens with one attached hydrogen (secondary N) is 1. The molecule has 102 valence electrons. The van der Waals surface area contributed by atoms with E-state index in [9.17, 15) is 5.11 Å². The molecule has 1 fully saturated rings. The van der Waals surface area contributed by atoms with Crippen LogP contribution in [0.1, 0.15) is 24.8 Å². The standard InChI is InChI=1S/C15H20N2O2/c16-9-13-3-1-2-4-15(13)19-11-14(18)10-17-8-7-12-5-6-12/h1-4,12,14,17-18H,5-8,10-11H2. The van der Waals surface area contributed by atoms with Gasteiger partial charge in [-0.05, 0) is 31.0 Å². The van der Waals surface area contributed by atoms with Gasteiger partial charge in [0.25, 0.3) is 0 Å². The molecule has 0 amide bonds. The van der Waals surface area contributed by atoms with Crippen LogP contribution in [-0.4, -0.2) is 30.9 Å². The Balaban J connectivity index is 1.64. The lowest BCUT2D eigenvalue weighted by molar-refractivity contribution is 0.106. The fourth-order valence-corrected chi connectivity index (χ4v) is 1.91. The Hall–Kier alpha value is -1.57. The van der Waals surface area contributed by atoms with Crippen LogP contribution >= 0.6 is 0 Å². The van der Waals surface area contributed by atoms with Crippen LogP contribution in [0.3, 0.4) is 0 Å². The molecular formula is C15H20N2O2. The maximum absolute atomic E-state index is 9.78. The van der Waals surface area contributed by atoms with E-state index in [0.29, 0.717) is 17.9 Å². The van der Waals surface area contributed by atoms with Gasteiger partial charge < -0.3 is 15.2 Å². The first kappa shape index (κ1) is 13.9. The first-order valence-corrected chi connectivity index (χ1v) is 6.80. The molecule has 0 spiro atoms. The fourth-order valence-electron chi connectivity index (χ4n) is 1.91. The molecule has 4 nitrogen and oxygen atoms in total. The van der Waals surface area contributed by atoms with E-state index >= 15 is 0 Å². The monoisotopic (exact) mass is 260 g/mol. The summed E-state index contributed by atoms with van der Waals surface area (Å²) in [6, 6.07) is 9.12. The molecule has 1 aliphatic rings. The molecule has 2 N–H and O–H groups in total. The Morgan fingerprint density at radius 2 is 2.21 bits per heavy atom. The summed E-state index contributed by atoms with van der Waals surface area (Å²) >= 11 is 0. The number of para-hydroxylation sites is 1. The van der Waals surface area contributed by atoms with Crippen LogP contribution in [0.25, 0.3) is 0 Å². The van der Waals surface area contributed by atoms with E-state index in [1.165, 1.54) is 19.3 Å². The topological polar surface area (TPSA) is 65.3 Å². The lowest BCUT2D eigenvalue weighted by Gasteiger charge is -2.13. The minimum atomic E-state index is -0.550. The first-order valence-electron chi connectivity index (χ1n) is 6.80. The van der Waals surface area contributed by atoms with E-state index in [1.54, 1.807) is 18.2 Å². The SMILES string of the molecule is N#Cc1ccccc1OCC(O)CNCCC1CC1. The average molecular weight is 260 g/mol. The number of hydrogen-bond acceptors (Lipinski definition) is 4. The molecule has 1 atom stereocenters. The van der Waals surface area contributed by atoms with Crippen LogP contribution in [0.2, 0.25) is 0 Å². The van der Waals surface area contributed by atoms with E-state index in [4.69, 9.17) is 10.00 Å². The molecule has 2 rings (SSSR count). The summed E-state index contributed by atoms with van der Waals surface area (Å²) in [5.41, 5.74) is 0.497. The minimum absolute atomic E-state index is 0.203. The van der Waals surface area contributed by atoms with Gasteiger partial charge in [-0.15, -0.1) is 0 Å². The largest absolute Gasteiger partial charge is 0.489 e. The van der Waals surface area contributed by atoms with E-state index in [2.05, 4.69) is 11.4 Å². The van der Waals surface area contributed by atoms with Gasteiger partial charge in [0.2, 0.25) is 0 Å².